The van der Waals surface area contributed by atoms with Gasteiger partial charge in [-0.2, -0.15) is 0 Å². The first kappa shape index (κ1) is 12.0. The molecule has 0 aliphatic rings. The number of anilines is 1. The Hall–Kier alpha value is -1.06. The summed E-state index contributed by atoms with van der Waals surface area (Å²) in [5.41, 5.74) is 6.98. The van der Waals surface area contributed by atoms with Gasteiger partial charge in [0.2, 0.25) is 0 Å². The SMILES string of the molecule is C=CCN(C)Cc1cc(F)c(Cl)cc1N. The minimum Gasteiger partial charge on any atom is -0.398 e. The summed E-state index contributed by atoms with van der Waals surface area (Å²) in [4.78, 5) is 1.98. The van der Waals surface area contributed by atoms with Crippen molar-refractivity contribution in [1.82, 2.24) is 4.90 Å². The second kappa shape index (κ2) is 5.14. The summed E-state index contributed by atoms with van der Waals surface area (Å²) in [6.07, 6.45) is 1.78. The van der Waals surface area contributed by atoms with Gasteiger partial charge in [-0.1, -0.05) is 17.7 Å². The highest BCUT2D eigenvalue weighted by Gasteiger charge is 2.07. The molecule has 0 aromatic heterocycles. The second-order valence-corrected chi connectivity index (χ2v) is 3.86. The Bertz CT molecular complexity index is 366. The van der Waals surface area contributed by atoms with Crippen molar-refractivity contribution in [3.05, 3.63) is 41.2 Å². The Kier molecular flexibility index (Phi) is 4.12. The largest absolute Gasteiger partial charge is 0.398 e. The summed E-state index contributed by atoms with van der Waals surface area (Å²) in [5, 5.41) is 0.0580. The Balaban J connectivity index is 2.85. The first-order valence-electron chi connectivity index (χ1n) is 4.57. The van der Waals surface area contributed by atoms with Gasteiger partial charge in [0.05, 0.1) is 5.02 Å². The lowest BCUT2D eigenvalue weighted by Crippen LogP contribution is -2.18. The summed E-state index contributed by atoms with van der Waals surface area (Å²) in [5.74, 6) is -0.437. The van der Waals surface area contributed by atoms with Crippen molar-refractivity contribution in [1.29, 1.82) is 0 Å². The number of nitrogens with zero attached hydrogens (tertiary/aromatic N) is 1. The first-order valence-corrected chi connectivity index (χ1v) is 4.95. The van der Waals surface area contributed by atoms with Crippen LogP contribution in [0, 0.1) is 5.82 Å². The smallest absolute Gasteiger partial charge is 0.142 e. The lowest BCUT2D eigenvalue weighted by atomic mass is 10.1. The third kappa shape index (κ3) is 3.22. The molecule has 82 valence electrons. The van der Waals surface area contributed by atoms with Crippen molar-refractivity contribution >= 4 is 17.3 Å². The van der Waals surface area contributed by atoms with Crippen molar-refractivity contribution in [3.8, 4) is 0 Å². The van der Waals surface area contributed by atoms with Crippen LogP contribution in [0.15, 0.2) is 24.8 Å². The van der Waals surface area contributed by atoms with Crippen LogP contribution >= 0.6 is 11.6 Å². The molecule has 0 radical (unpaired) electrons. The van der Waals surface area contributed by atoms with Gasteiger partial charge in [0, 0.05) is 18.8 Å². The average molecular weight is 229 g/mol. The zero-order valence-electron chi connectivity index (χ0n) is 8.63. The molecule has 1 rings (SSSR count). The van der Waals surface area contributed by atoms with Crippen molar-refractivity contribution in [2.45, 2.75) is 6.54 Å². The van der Waals surface area contributed by atoms with Crippen LogP contribution in [0.25, 0.3) is 0 Å². The standard InChI is InChI=1S/C11H14ClFN2/c1-3-4-15(2)7-8-5-10(13)9(12)6-11(8)14/h3,5-6H,1,4,7,14H2,2H3. The molecule has 2 nitrogen and oxygen atoms in total. The fourth-order valence-electron chi connectivity index (χ4n) is 1.32. The fourth-order valence-corrected chi connectivity index (χ4v) is 1.49. The molecule has 2 N–H and O–H groups in total. The molecule has 0 fully saturated rings. The van der Waals surface area contributed by atoms with E-state index in [4.69, 9.17) is 17.3 Å². The first-order chi connectivity index (χ1) is 7.04. The van der Waals surface area contributed by atoms with Crippen LogP contribution in [-0.4, -0.2) is 18.5 Å². The zero-order valence-corrected chi connectivity index (χ0v) is 9.39. The molecule has 0 unspecified atom stereocenters. The number of likely N-dealkylation sites (N-methyl/N-ethyl adjacent to an activating group) is 1. The van der Waals surface area contributed by atoms with Gasteiger partial charge in [0.25, 0.3) is 0 Å². The normalized spacial score (nSPS) is 10.7. The van der Waals surface area contributed by atoms with E-state index in [1.54, 1.807) is 6.08 Å². The maximum absolute atomic E-state index is 13.2. The highest BCUT2D eigenvalue weighted by atomic mass is 35.5. The zero-order chi connectivity index (χ0) is 11.4. The molecule has 1 aromatic carbocycles. The van der Waals surface area contributed by atoms with Crippen molar-refractivity contribution in [2.24, 2.45) is 0 Å². The third-order valence-electron chi connectivity index (χ3n) is 2.06. The molecular weight excluding hydrogens is 215 g/mol. The molecular formula is C11H14ClFN2. The Morgan fingerprint density at radius 2 is 2.27 bits per heavy atom. The number of rotatable bonds is 4. The van der Waals surface area contributed by atoms with Crippen molar-refractivity contribution < 1.29 is 4.39 Å². The summed E-state index contributed by atoms with van der Waals surface area (Å²) in [7, 11) is 1.91. The van der Waals surface area contributed by atoms with Crippen LogP contribution in [0.2, 0.25) is 5.02 Å². The van der Waals surface area contributed by atoms with Crippen LogP contribution in [0.5, 0.6) is 0 Å². The van der Waals surface area contributed by atoms with Gasteiger partial charge >= 0.3 is 0 Å². The highest BCUT2D eigenvalue weighted by Crippen LogP contribution is 2.22. The van der Waals surface area contributed by atoms with Crippen LogP contribution in [0.3, 0.4) is 0 Å². The minimum absolute atomic E-state index is 0.0580. The van der Waals surface area contributed by atoms with Gasteiger partial charge in [-0.25, -0.2) is 4.39 Å². The molecule has 15 heavy (non-hydrogen) atoms. The van der Waals surface area contributed by atoms with E-state index in [1.165, 1.54) is 12.1 Å². The predicted molar refractivity (Wildman–Crippen MR) is 62.4 cm³/mol. The van der Waals surface area contributed by atoms with E-state index in [2.05, 4.69) is 6.58 Å². The molecule has 0 amide bonds. The number of nitrogen functional groups attached to an aromatic ring is 1. The van der Waals surface area contributed by atoms with Crippen LogP contribution < -0.4 is 5.73 Å². The van der Waals surface area contributed by atoms with Crippen LogP contribution in [-0.2, 0) is 6.54 Å². The van der Waals surface area contributed by atoms with E-state index in [1.807, 2.05) is 11.9 Å². The molecule has 0 spiro atoms. The van der Waals surface area contributed by atoms with E-state index >= 15 is 0 Å². The van der Waals surface area contributed by atoms with Crippen molar-refractivity contribution in [2.75, 3.05) is 19.3 Å². The minimum atomic E-state index is -0.437. The topological polar surface area (TPSA) is 29.3 Å². The van der Waals surface area contributed by atoms with Crippen molar-refractivity contribution in [3.63, 3.8) is 0 Å². The quantitative estimate of drug-likeness (QED) is 0.634. The Labute approximate surface area is 94.1 Å². The molecule has 0 saturated heterocycles. The lowest BCUT2D eigenvalue weighted by molar-refractivity contribution is 0.363. The number of nitrogens with two attached hydrogens (primary N) is 1. The van der Waals surface area contributed by atoms with Gasteiger partial charge in [-0.15, -0.1) is 6.58 Å². The van der Waals surface area contributed by atoms with E-state index < -0.39 is 5.82 Å². The third-order valence-corrected chi connectivity index (χ3v) is 2.35. The fraction of sp³-hybridized carbons (Fsp3) is 0.273. The van der Waals surface area contributed by atoms with E-state index in [0.717, 1.165) is 12.1 Å². The van der Waals surface area contributed by atoms with E-state index in [0.29, 0.717) is 12.2 Å². The molecule has 0 aliphatic carbocycles. The van der Waals surface area contributed by atoms with Gasteiger partial charge in [-0.05, 0) is 24.7 Å². The average Bonchev–Trinajstić information content (AvgIpc) is 2.14. The molecule has 0 heterocycles. The summed E-state index contributed by atoms with van der Waals surface area (Å²) < 4.78 is 13.2. The van der Waals surface area contributed by atoms with Gasteiger partial charge < -0.3 is 5.73 Å². The van der Waals surface area contributed by atoms with Crippen LogP contribution in [0.4, 0.5) is 10.1 Å². The van der Waals surface area contributed by atoms with Gasteiger partial charge in [0.15, 0.2) is 0 Å². The monoisotopic (exact) mass is 228 g/mol. The Morgan fingerprint density at radius 1 is 1.60 bits per heavy atom. The summed E-state index contributed by atoms with van der Waals surface area (Å²) >= 11 is 5.60. The second-order valence-electron chi connectivity index (χ2n) is 3.45. The molecule has 0 atom stereocenters. The van der Waals surface area contributed by atoms with E-state index in [-0.39, 0.29) is 5.02 Å². The summed E-state index contributed by atoms with van der Waals surface area (Å²) in [6, 6.07) is 2.81. The number of hydrogen-bond acceptors (Lipinski definition) is 2. The van der Waals surface area contributed by atoms with Gasteiger partial charge in [0.1, 0.15) is 5.82 Å². The molecule has 0 saturated carbocycles. The summed E-state index contributed by atoms with van der Waals surface area (Å²) in [6.45, 7) is 4.93. The molecule has 0 bridgehead atoms. The predicted octanol–water partition coefficient (Wildman–Crippen LogP) is 2.68. The number of halogens is 2. The van der Waals surface area contributed by atoms with E-state index in [9.17, 15) is 4.39 Å². The molecule has 4 heteroatoms. The number of benzene rings is 1. The maximum atomic E-state index is 13.2. The Morgan fingerprint density at radius 3 is 2.87 bits per heavy atom. The van der Waals surface area contributed by atoms with Crippen LogP contribution in [0.1, 0.15) is 5.56 Å². The van der Waals surface area contributed by atoms with Gasteiger partial charge in [-0.3, -0.25) is 4.90 Å². The maximum Gasteiger partial charge on any atom is 0.142 e. The molecule has 0 aliphatic heterocycles. The molecule has 1 aromatic rings. The highest BCUT2D eigenvalue weighted by molar-refractivity contribution is 6.31. The lowest BCUT2D eigenvalue weighted by Gasteiger charge is -2.16. The number of hydrogen-bond donors (Lipinski definition) is 1.